The van der Waals surface area contributed by atoms with Crippen LogP contribution in [0.5, 0.6) is 0 Å². The molecule has 5 heteroatoms. The van der Waals surface area contributed by atoms with E-state index in [0.717, 1.165) is 25.7 Å². The van der Waals surface area contributed by atoms with Gasteiger partial charge >= 0.3 is 6.18 Å². The van der Waals surface area contributed by atoms with Crippen LogP contribution in [-0.2, 0) is 0 Å². The van der Waals surface area contributed by atoms with Gasteiger partial charge in [-0.1, -0.05) is 19.8 Å². The maximum Gasteiger partial charge on any atom is 0.389 e. The molecule has 2 nitrogen and oxygen atoms in total. The molecule has 0 spiro atoms. The van der Waals surface area contributed by atoms with Gasteiger partial charge in [-0.3, -0.25) is 0 Å². The van der Waals surface area contributed by atoms with E-state index in [1.165, 1.54) is 6.92 Å². The Morgan fingerprint density at radius 3 is 2.24 bits per heavy atom. The third kappa shape index (κ3) is 4.88. The predicted molar refractivity (Wildman–Crippen MR) is 75.4 cm³/mol. The van der Waals surface area contributed by atoms with E-state index in [0.29, 0.717) is 18.8 Å². The van der Waals surface area contributed by atoms with Gasteiger partial charge < -0.3 is 5.11 Å². The molecule has 1 aliphatic rings. The number of nitrogens with zero attached hydrogens (tertiary/aromatic N) is 1. The minimum Gasteiger partial charge on any atom is -0.389 e. The van der Waals surface area contributed by atoms with Crippen LogP contribution in [0.1, 0.15) is 71.6 Å². The Morgan fingerprint density at radius 1 is 1.24 bits per heavy atom. The second-order valence-corrected chi connectivity index (χ2v) is 6.67. The number of nitriles is 1. The van der Waals surface area contributed by atoms with Gasteiger partial charge in [0.05, 0.1) is 17.1 Å². The monoisotopic (exact) mass is 305 g/mol. The molecule has 1 N–H and O–H groups in total. The van der Waals surface area contributed by atoms with Crippen molar-refractivity contribution in [3.05, 3.63) is 0 Å². The number of halogens is 3. The highest BCUT2D eigenvalue weighted by Crippen LogP contribution is 2.49. The molecule has 1 rings (SSSR count). The van der Waals surface area contributed by atoms with Gasteiger partial charge in [-0.2, -0.15) is 18.4 Å². The molecule has 1 atom stereocenters. The van der Waals surface area contributed by atoms with E-state index in [1.54, 1.807) is 0 Å². The Bertz CT molecular complexity index is 363. The van der Waals surface area contributed by atoms with E-state index in [9.17, 15) is 23.5 Å². The Labute approximate surface area is 125 Å². The zero-order valence-corrected chi connectivity index (χ0v) is 13.0. The summed E-state index contributed by atoms with van der Waals surface area (Å²) in [6.07, 6.45) is -0.0213. The van der Waals surface area contributed by atoms with E-state index in [1.807, 2.05) is 0 Å². The Kier molecular flexibility index (Phi) is 6.10. The lowest BCUT2D eigenvalue weighted by Gasteiger charge is -2.45. The molecule has 1 saturated carbocycles. The van der Waals surface area contributed by atoms with Gasteiger partial charge in [-0.05, 0) is 51.4 Å². The number of aliphatic hydroxyl groups is 1. The molecule has 21 heavy (non-hydrogen) atoms. The maximum atomic E-state index is 12.2. The van der Waals surface area contributed by atoms with Gasteiger partial charge in [0.25, 0.3) is 0 Å². The van der Waals surface area contributed by atoms with Crippen LogP contribution in [0.2, 0.25) is 0 Å². The molecule has 0 aromatic rings. The summed E-state index contributed by atoms with van der Waals surface area (Å²) in [6.45, 7) is 3.66. The molecule has 0 aliphatic heterocycles. The summed E-state index contributed by atoms with van der Waals surface area (Å²) in [6, 6.07) is 2.24. The van der Waals surface area contributed by atoms with Crippen molar-refractivity contribution in [2.24, 2.45) is 11.3 Å². The van der Waals surface area contributed by atoms with Crippen molar-refractivity contribution < 1.29 is 18.3 Å². The van der Waals surface area contributed by atoms with Crippen LogP contribution in [0.25, 0.3) is 0 Å². The van der Waals surface area contributed by atoms with Crippen molar-refractivity contribution in [3.63, 3.8) is 0 Å². The van der Waals surface area contributed by atoms with Crippen molar-refractivity contribution in [1.29, 1.82) is 5.26 Å². The molecule has 0 saturated heterocycles. The van der Waals surface area contributed by atoms with Gasteiger partial charge in [0.2, 0.25) is 0 Å². The summed E-state index contributed by atoms with van der Waals surface area (Å²) in [5, 5.41) is 20.1. The molecule has 0 radical (unpaired) electrons. The molecule has 0 aromatic heterocycles. The normalized spacial score (nSPS) is 29.7. The van der Waals surface area contributed by atoms with Crippen molar-refractivity contribution in [2.45, 2.75) is 83.4 Å². The van der Waals surface area contributed by atoms with Crippen LogP contribution in [0, 0.1) is 22.7 Å². The smallest absolute Gasteiger partial charge is 0.389 e. The number of rotatable bonds is 6. The van der Waals surface area contributed by atoms with Crippen molar-refractivity contribution in [2.75, 3.05) is 0 Å². The molecule has 0 bridgehead atoms. The molecule has 0 aromatic carbocycles. The van der Waals surface area contributed by atoms with E-state index in [4.69, 9.17) is 0 Å². The highest BCUT2D eigenvalue weighted by molar-refractivity contribution is 5.11. The van der Waals surface area contributed by atoms with Gasteiger partial charge in [-0.15, -0.1) is 0 Å². The Hall–Kier alpha value is -0.760. The van der Waals surface area contributed by atoms with E-state index in [-0.39, 0.29) is 12.8 Å². The first-order valence-electron chi connectivity index (χ1n) is 7.86. The summed E-state index contributed by atoms with van der Waals surface area (Å²) >= 11 is 0. The second-order valence-electron chi connectivity index (χ2n) is 6.67. The van der Waals surface area contributed by atoms with Crippen molar-refractivity contribution in [1.82, 2.24) is 0 Å². The molecule has 0 amide bonds. The zero-order valence-electron chi connectivity index (χ0n) is 13.0. The fourth-order valence-corrected chi connectivity index (χ4v) is 3.51. The molecule has 1 aliphatic carbocycles. The third-order valence-corrected chi connectivity index (χ3v) is 5.02. The van der Waals surface area contributed by atoms with E-state index in [2.05, 4.69) is 13.0 Å². The minimum atomic E-state index is -4.20. The topological polar surface area (TPSA) is 44.0 Å². The van der Waals surface area contributed by atoms with Crippen LogP contribution >= 0.6 is 0 Å². The fraction of sp³-hybridized carbons (Fsp3) is 0.938. The van der Waals surface area contributed by atoms with Crippen LogP contribution < -0.4 is 0 Å². The fourth-order valence-electron chi connectivity index (χ4n) is 3.51. The van der Waals surface area contributed by atoms with Gasteiger partial charge in [0.1, 0.15) is 0 Å². The second kappa shape index (κ2) is 7.00. The molecular formula is C16H26F3NO. The summed E-state index contributed by atoms with van der Waals surface area (Å²) in [4.78, 5) is 0. The molecule has 1 unspecified atom stereocenters. The van der Waals surface area contributed by atoms with E-state index < -0.39 is 23.6 Å². The first kappa shape index (κ1) is 18.3. The lowest BCUT2D eigenvalue weighted by Crippen LogP contribution is -2.47. The molecule has 1 fully saturated rings. The summed E-state index contributed by atoms with van der Waals surface area (Å²) in [7, 11) is 0. The lowest BCUT2D eigenvalue weighted by atomic mass is 9.61. The Balaban J connectivity index is 2.63. The van der Waals surface area contributed by atoms with Crippen LogP contribution in [0.3, 0.4) is 0 Å². The largest absolute Gasteiger partial charge is 0.389 e. The standard InChI is InChI=1S/C16H26F3NO/c1-3-5-13-6-10-15(12-20,11-7-13)14(2,21)8-4-9-16(17,18)19/h13,21H,3-11H2,1-2H3. The highest BCUT2D eigenvalue weighted by Gasteiger charge is 2.49. The first-order chi connectivity index (χ1) is 9.66. The predicted octanol–water partition coefficient (Wildman–Crippen LogP) is 4.97. The quantitative estimate of drug-likeness (QED) is 0.753. The Morgan fingerprint density at radius 2 is 1.81 bits per heavy atom. The number of hydrogen-bond donors (Lipinski definition) is 1. The third-order valence-electron chi connectivity index (χ3n) is 5.02. The summed E-state index contributed by atoms with van der Waals surface area (Å²) < 4.78 is 36.7. The van der Waals surface area contributed by atoms with Crippen LogP contribution in [0.4, 0.5) is 13.2 Å². The first-order valence-corrected chi connectivity index (χ1v) is 7.86. The van der Waals surface area contributed by atoms with E-state index >= 15 is 0 Å². The number of alkyl halides is 3. The summed E-state index contributed by atoms with van der Waals surface area (Å²) in [5.74, 6) is 0.586. The SMILES string of the molecule is CCCC1CCC(C#N)(C(C)(O)CCCC(F)(F)F)CC1. The van der Waals surface area contributed by atoms with Gasteiger partial charge in [-0.25, -0.2) is 0 Å². The molecule has 122 valence electrons. The maximum absolute atomic E-state index is 12.2. The highest BCUT2D eigenvalue weighted by atomic mass is 19.4. The van der Waals surface area contributed by atoms with Crippen LogP contribution in [0.15, 0.2) is 0 Å². The molecular weight excluding hydrogens is 279 g/mol. The summed E-state index contributed by atoms with van der Waals surface area (Å²) in [5.41, 5.74) is -2.23. The van der Waals surface area contributed by atoms with Crippen molar-refractivity contribution >= 4 is 0 Å². The molecule has 0 heterocycles. The van der Waals surface area contributed by atoms with Gasteiger partial charge in [0, 0.05) is 6.42 Å². The zero-order chi connectivity index (χ0) is 16.1. The van der Waals surface area contributed by atoms with Crippen molar-refractivity contribution in [3.8, 4) is 6.07 Å². The lowest BCUT2D eigenvalue weighted by molar-refractivity contribution is -0.141. The minimum absolute atomic E-state index is 0.0263. The van der Waals surface area contributed by atoms with Gasteiger partial charge in [0.15, 0.2) is 0 Å². The van der Waals surface area contributed by atoms with Crippen LogP contribution in [-0.4, -0.2) is 16.9 Å². The average molecular weight is 305 g/mol. The number of hydrogen-bond acceptors (Lipinski definition) is 2. The average Bonchev–Trinajstić information content (AvgIpc) is 2.38.